The van der Waals surface area contributed by atoms with E-state index in [1.165, 1.54) is 25.0 Å². The average molecular weight is 286 g/mol. The van der Waals surface area contributed by atoms with Gasteiger partial charge < -0.3 is 5.32 Å². The van der Waals surface area contributed by atoms with Crippen molar-refractivity contribution in [3.63, 3.8) is 0 Å². The van der Waals surface area contributed by atoms with Crippen molar-refractivity contribution in [1.29, 1.82) is 0 Å². The highest BCUT2D eigenvalue weighted by Gasteiger charge is 2.10. The monoisotopic (exact) mass is 286 g/mol. The molecule has 2 aromatic rings. The van der Waals surface area contributed by atoms with Crippen LogP contribution in [-0.2, 0) is 6.42 Å². The number of aromatic nitrogens is 1. The molecular formula is C18H23FN2. The van der Waals surface area contributed by atoms with E-state index in [2.05, 4.69) is 17.2 Å². The molecule has 3 heteroatoms. The molecule has 0 saturated heterocycles. The van der Waals surface area contributed by atoms with Gasteiger partial charge in [0.15, 0.2) is 0 Å². The maximum atomic E-state index is 13.0. The average Bonchev–Trinajstić information content (AvgIpc) is 2.53. The van der Waals surface area contributed by atoms with Crippen LogP contribution in [0.5, 0.6) is 0 Å². The van der Waals surface area contributed by atoms with Crippen molar-refractivity contribution < 1.29 is 4.39 Å². The van der Waals surface area contributed by atoms with Gasteiger partial charge in [-0.2, -0.15) is 0 Å². The van der Waals surface area contributed by atoms with Gasteiger partial charge in [-0.25, -0.2) is 4.39 Å². The zero-order valence-corrected chi connectivity index (χ0v) is 12.6. The van der Waals surface area contributed by atoms with Gasteiger partial charge in [-0.15, -0.1) is 0 Å². The zero-order valence-electron chi connectivity index (χ0n) is 12.6. The molecule has 0 bridgehead atoms. The molecule has 2 nitrogen and oxygen atoms in total. The van der Waals surface area contributed by atoms with E-state index in [4.69, 9.17) is 0 Å². The van der Waals surface area contributed by atoms with Gasteiger partial charge >= 0.3 is 0 Å². The van der Waals surface area contributed by atoms with Gasteiger partial charge in [0, 0.05) is 30.9 Å². The summed E-state index contributed by atoms with van der Waals surface area (Å²) in [5.74, 6) is -0.179. The van der Waals surface area contributed by atoms with Crippen molar-refractivity contribution in [2.75, 3.05) is 6.54 Å². The van der Waals surface area contributed by atoms with Crippen LogP contribution in [0.25, 0.3) is 0 Å². The smallest absolute Gasteiger partial charge is 0.123 e. The molecule has 112 valence electrons. The standard InChI is InChI=1S/C18H23FN2/c1-2-3-7-18(15-8-10-16(19)11-9-15)21-14-12-17-6-4-5-13-20-17/h4-6,8-11,13,18,21H,2-3,7,12,14H2,1H3. The third-order valence-corrected chi connectivity index (χ3v) is 3.62. The third-order valence-electron chi connectivity index (χ3n) is 3.62. The minimum Gasteiger partial charge on any atom is -0.310 e. The Hall–Kier alpha value is -1.74. The Morgan fingerprint density at radius 2 is 1.95 bits per heavy atom. The van der Waals surface area contributed by atoms with Crippen LogP contribution in [0.4, 0.5) is 4.39 Å². The Bertz CT molecular complexity index is 511. The van der Waals surface area contributed by atoms with Gasteiger partial charge in [0.25, 0.3) is 0 Å². The van der Waals surface area contributed by atoms with Crippen molar-refractivity contribution in [3.05, 3.63) is 65.7 Å². The first-order chi connectivity index (χ1) is 10.3. The molecule has 2 rings (SSSR count). The van der Waals surface area contributed by atoms with Gasteiger partial charge in [-0.3, -0.25) is 4.98 Å². The molecule has 1 aromatic heterocycles. The molecule has 1 heterocycles. The number of nitrogens with zero attached hydrogens (tertiary/aromatic N) is 1. The highest BCUT2D eigenvalue weighted by atomic mass is 19.1. The van der Waals surface area contributed by atoms with Crippen molar-refractivity contribution in [3.8, 4) is 0 Å². The van der Waals surface area contributed by atoms with Crippen LogP contribution in [0.1, 0.15) is 43.5 Å². The zero-order chi connectivity index (χ0) is 14.9. The summed E-state index contributed by atoms with van der Waals surface area (Å²) in [5.41, 5.74) is 2.25. The van der Waals surface area contributed by atoms with E-state index in [1.54, 1.807) is 0 Å². The summed E-state index contributed by atoms with van der Waals surface area (Å²) >= 11 is 0. The van der Waals surface area contributed by atoms with Gasteiger partial charge in [-0.05, 0) is 36.2 Å². The topological polar surface area (TPSA) is 24.9 Å². The highest BCUT2D eigenvalue weighted by Crippen LogP contribution is 2.19. The lowest BCUT2D eigenvalue weighted by atomic mass is 10.0. The first-order valence-corrected chi connectivity index (χ1v) is 7.68. The van der Waals surface area contributed by atoms with Crippen LogP contribution in [0.3, 0.4) is 0 Å². The maximum Gasteiger partial charge on any atom is 0.123 e. The second-order valence-corrected chi connectivity index (χ2v) is 5.27. The quantitative estimate of drug-likeness (QED) is 0.783. The normalized spacial score (nSPS) is 12.3. The van der Waals surface area contributed by atoms with Crippen LogP contribution in [0.2, 0.25) is 0 Å². The molecule has 1 aromatic carbocycles. The van der Waals surface area contributed by atoms with Crippen molar-refractivity contribution in [2.45, 2.75) is 38.6 Å². The van der Waals surface area contributed by atoms with E-state index in [0.29, 0.717) is 0 Å². The molecule has 0 aliphatic rings. The molecule has 1 unspecified atom stereocenters. The molecule has 0 amide bonds. The SMILES string of the molecule is CCCCC(NCCc1ccccn1)c1ccc(F)cc1. The molecule has 0 saturated carbocycles. The second kappa shape index (κ2) is 8.53. The van der Waals surface area contributed by atoms with E-state index >= 15 is 0 Å². The molecule has 0 spiro atoms. The maximum absolute atomic E-state index is 13.0. The summed E-state index contributed by atoms with van der Waals surface area (Å²) < 4.78 is 13.0. The summed E-state index contributed by atoms with van der Waals surface area (Å²) in [7, 11) is 0. The van der Waals surface area contributed by atoms with Crippen LogP contribution in [-0.4, -0.2) is 11.5 Å². The lowest BCUT2D eigenvalue weighted by Gasteiger charge is -2.19. The molecule has 0 aliphatic carbocycles. The minimum absolute atomic E-state index is 0.179. The van der Waals surface area contributed by atoms with E-state index in [1.807, 2.05) is 36.5 Å². The van der Waals surface area contributed by atoms with Crippen LogP contribution < -0.4 is 5.32 Å². The van der Waals surface area contributed by atoms with Gasteiger partial charge in [0.05, 0.1) is 0 Å². The predicted molar refractivity (Wildman–Crippen MR) is 84.6 cm³/mol. The fourth-order valence-corrected chi connectivity index (χ4v) is 2.41. The molecule has 0 fully saturated rings. The van der Waals surface area contributed by atoms with Crippen LogP contribution >= 0.6 is 0 Å². The van der Waals surface area contributed by atoms with Gasteiger partial charge in [0.1, 0.15) is 5.82 Å². The molecule has 21 heavy (non-hydrogen) atoms. The number of benzene rings is 1. The number of hydrogen-bond donors (Lipinski definition) is 1. The number of rotatable bonds is 8. The van der Waals surface area contributed by atoms with Crippen molar-refractivity contribution in [2.24, 2.45) is 0 Å². The first-order valence-electron chi connectivity index (χ1n) is 7.68. The largest absolute Gasteiger partial charge is 0.310 e. The molecule has 1 atom stereocenters. The minimum atomic E-state index is -0.179. The molecule has 1 N–H and O–H groups in total. The number of hydrogen-bond acceptors (Lipinski definition) is 2. The molecule has 0 aliphatic heterocycles. The van der Waals surface area contributed by atoms with E-state index < -0.39 is 0 Å². The van der Waals surface area contributed by atoms with Crippen molar-refractivity contribution >= 4 is 0 Å². The first kappa shape index (κ1) is 15.6. The summed E-state index contributed by atoms with van der Waals surface area (Å²) in [5, 5.41) is 3.58. The summed E-state index contributed by atoms with van der Waals surface area (Å²) in [6, 6.07) is 13.1. The fourth-order valence-electron chi connectivity index (χ4n) is 2.41. The second-order valence-electron chi connectivity index (χ2n) is 5.27. The van der Waals surface area contributed by atoms with Crippen LogP contribution in [0.15, 0.2) is 48.7 Å². The molecular weight excluding hydrogens is 263 g/mol. The van der Waals surface area contributed by atoms with E-state index in [0.717, 1.165) is 30.6 Å². The van der Waals surface area contributed by atoms with Crippen LogP contribution in [0, 0.1) is 5.82 Å². The number of unbranched alkanes of at least 4 members (excludes halogenated alkanes) is 1. The highest BCUT2D eigenvalue weighted by molar-refractivity contribution is 5.20. The van der Waals surface area contributed by atoms with Gasteiger partial charge in [-0.1, -0.05) is 38.0 Å². The Morgan fingerprint density at radius 3 is 2.62 bits per heavy atom. The molecule has 0 radical (unpaired) electrons. The van der Waals surface area contributed by atoms with Gasteiger partial charge in [0.2, 0.25) is 0 Å². The van der Waals surface area contributed by atoms with E-state index in [9.17, 15) is 4.39 Å². The van der Waals surface area contributed by atoms with Crippen molar-refractivity contribution in [1.82, 2.24) is 10.3 Å². The predicted octanol–water partition coefficient (Wildman–Crippen LogP) is 4.28. The summed E-state index contributed by atoms with van der Waals surface area (Å²) in [6.07, 6.45) is 6.14. The Kier molecular flexibility index (Phi) is 6.35. The lowest BCUT2D eigenvalue weighted by molar-refractivity contribution is 0.482. The third kappa shape index (κ3) is 5.27. The Balaban J connectivity index is 1.91. The number of halogens is 1. The lowest BCUT2D eigenvalue weighted by Crippen LogP contribution is -2.24. The van der Waals surface area contributed by atoms with E-state index in [-0.39, 0.29) is 11.9 Å². The summed E-state index contributed by atoms with van der Waals surface area (Å²) in [6.45, 7) is 3.07. The summed E-state index contributed by atoms with van der Waals surface area (Å²) in [4.78, 5) is 4.33. The number of nitrogens with one attached hydrogen (secondary N) is 1. The Morgan fingerprint density at radius 1 is 1.14 bits per heavy atom. The Labute approximate surface area is 126 Å². The fraction of sp³-hybridized carbons (Fsp3) is 0.389. The number of pyridine rings is 1.